The maximum atomic E-state index is 13.1. The maximum absolute atomic E-state index is 13.1. The highest BCUT2D eigenvalue weighted by molar-refractivity contribution is 6.08. The molecule has 0 aromatic heterocycles. The fourth-order valence-corrected chi connectivity index (χ4v) is 3.36. The molecule has 0 aliphatic carbocycles. The third kappa shape index (κ3) is 4.99. The summed E-state index contributed by atoms with van der Waals surface area (Å²) in [7, 11) is 0. The summed E-state index contributed by atoms with van der Waals surface area (Å²) in [5.41, 5.74) is 1.27. The van der Waals surface area contributed by atoms with Gasteiger partial charge < -0.3 is 19.7 Å². The number of morpholine rings is 1. The summed E-state index contributed by atoms with van der Waals surface area (Å²) in [6, 6.07) is 20.7. The SMILES string of the molecule is O=C(Nc1cccc(Oc2ccccc2)c1)c1cc([N+](=O)[O-])ccc1N1CCOCC1. The number of carbonyl (C=O) groups is 1. The van der Waals surface area contributed by atoms with Crippen molar-refractivity contribution in [1.29, 1.82) is 0 Å². The van der Waals surface area contributed by atoms with E-state index in [9.17, 15) is 14.9 Å². The molecule has 158 valence electrons. The van der Waals surface area contributed by atoms with Crippen molar-refractivity contribution >= 4 is 23.0 Å². The minimum Gasteiger partial charge on any atom is -0.457 e. The third-order valence-corrected chi connectivity index (χ3v) is 4.86. The van der Waals surface area contributed by atoms with Gasteiger partial charge >= 0.3 is 0 Å². The molecule has 3 aromatic rings. The lowest BCUT2D eigenvalue weighted by molar-refractivity contribution is -0.384. The van der Waals surface area contributed by atoms with E-state index in [1.54, 1.807) is 30.3 Å². The van der Waals surface area contributed by atoms with Crippen molar-refractivity contribution in [1.82, 2.24) is 0 Å². The number of anilines is 2. The number of nitro benzene ring substituents is 1. The smallest absolute Gasteiger partial charge is 0.270 e. The van der Waals surface area contributed by atoms with Gasteiger partial charge in [0.25, 0.3) is 11.6 Å². The summed E-state index contributed by atoms with van der Waals surface area (Å²) in [5.74, 6) is 0.817. The van der Waals surface area contributed by atoms with Gasteiger partial charge in [-0.25, -0.2) is 0 Å². The molecule has 1 N–H and O–H groups in total. The van der Waals surface area contributed by atoms with Crippen LogP contribution in [0.25, 0.3) is 0 Å². The summed E-state index contributed by atoms with van der Waals surface area (Å²) in [6.45, 7) is 2.30. The topological polar surface area (TPSA) is 93.9 Å². The first-order chi connectivity index (χ1) is 15.1. The summed E-state index contributed by atoms with van der Waals surface area (Å²) in [5, 5.41) is 14.1. The lowest BCUT2D eigenvalue weighted by Gasteiger charge is -2.30. The zero-order chi connectivity index (χ0) is 21.6. The van der Waals surface area contributed by atoms with Crippen molar-refractivity contribution in [2.24, 2.45) is 0 Å². The van der Waals surface area contributed by atoms with E-state index in [1.165, 1.54) is 12.1 Å². The number of nitrogens with one attached hydrogen (secondary N) is 1. The Hall–Kier alpha value is -3.91. The van der Waals surface area contributed by atoms with E-state index in [-0.39, 0.29) is 11.3 Å². The number of rotatable bonds is 6. The average Bonchev–Trinajstić information content (AvgIpc) is 2.80. The molecule has 0 spiro atoms. The second-order valence-electron chi connectivity index (χ2n) is 6.96. The number of para-hydroxylation sites is 1. The van der Waals surface area contributed by atoms with E-state index in [4.69, 9.17) is 9.47 Å². The normalized spacial score (nSPS) is 13.5. The molecule has 0 saturated carbocycles. The number of ether oxygens (including phenoxy) is 2. The van der Waals surface area contributed by atoms with Gasteiger partial charge in [-0.3, -0.25) is 14.9 Å². The van der Waals surface area contributed by atoms with Crippen molar-refractivity contribution < 1.29 is 19.2 Å². The van der Waals surface area contributed by atoms with Crippen LogP contribution in [-0.2, 0) is 4.74 Å². The summed E-state index contributed by atoms with van der Waals surface area (Å²) >= 11 is 0. The van der Waals surface area contributed by atoms with Gasteiger partial charge in [0, 0.05) is 37.0 Å². The zero-order valence-electron chi connectivity index (χ0n) is 16.7. The van der Waals surface area contributed by atoms with Crippen LogP contribution >= 0.6 is 0 Å². The molecule has 31 heavy (non-hydrogen) atoms. The predicted octanol–water partition coefficient (Wildman–Crippen LogP) is 4.48. The van der Waals surface area contributed by atoms with Gasteiger partial charge in [-0.1, -0.05) is 24.3 Å². The maximum Gasteiger partial charge on any atom is 0.270 e. The van der Waals surface area contributed by atoms with Crippen molar-refractivity contribution in [3.63, 3.8) is 0 Å². The highest BCUT2D eigenvalue weighted by atomic mass is 16.6. The second kappa shape index (κ2) is 9.27. The highest BCUT2D eigenvalue weighted by Crippen LogP contribution is 2.28. The van der Waals surface area contributed by atoms with E-state index in [2.05, 4.69) is 5.32 Å². The predicted molar refractivity (Wildman–Crippen MR) is 117 cm³/mol. The van der Waals surface area contributed by atoms with Crippen molar-refractivity contribution in [2.45, 2.75) is 0 Å². The Morgan fingerprint density at radius 1 is 0.968 bits per heavy atom. The Balaban J connectivity index is 1.58. The Labute approximate surface area is 179 Å². The van der Waals surface area contributed by atoms with Crippen molar-refractivity contribution in [3.8, 4) is 11.5 Å². The van der Waals surface area contributed by atoms with Gasteiger partial charge in [0.1, 0.15) is 11.5 Å². The number of hydrogen-bond acceptors (Lipinski definition) is 6. The van der Waals surface area contributed by atoms with Crippen LogP contribution in [0.15, 0.2) is 72.8 Å². The van der Waals surface area contributed by atoms with E-state index < -0.39 is 10.8 Å². The molecule has 8 nitrogen and oxygen atoms in total. The first-order valence-electron chi connectivity index (χ1n) is 9.85. The Kier molecular flexibility index (Phi) is 6.09. The quantitative estimate of drug-likeness (QED) is 0.468. The molecule has 1 saturated heterocycles. The molecule has 3 aromatic carbocycles. The molecule has 1 fully saturated rings. The average molecular weight is 419 g/mol. The lowest BCUT2D eigenvalue weighted by Crippen LogP contribution is -2.37. The second-order valence-corrected chi connectivity index (χ2v) is 6.96. The monoisotopic (exact) mass is 419 g/mol. The molecule has 4 rings (SSSR count). The summed E-state index contributed by atoms with van der Waals surface area (Å²) < 4.78 is 11.2. The van der Waals surface area contributed by atoms with Gasteiger partial charge in [-0.15, -0.1) is 0 Å². The number of carbonyl (C=O) groups excluding carboxylic acids is 1. The molecule has 1 heterocycles. The third-order valence-electron chi connectivity index (χ3n) is 4.86. The molecule has 1 amide bonds. The van der Waals surface area contributed by atoms with E-state index >= 15 is 0 Å². The van der Waals surface area contributed by atoms with Crippen LogP contribution in [0, 0.1) is 10.1 Å². The Morgan fingerprint density at radius 2 is 1.71 bits per heavy atom. The molecule has 0 atom stereocenters. The van der Waals surface area contributed by atoms with Crippen LogP contribution < -0.4 is 15.0 Å². The van der Waals surface area contributed by atoms with Gasteiger partial charge in [0.2, 0.25) is 0 Å². The molecular formula is C23H21N3O5. The summed E-state index contributed by atoms with van der Waals surface area (Å²) in [4.78, 5) is 25.8. The van der Waals surface area contributed by atoms with Crippen LogP contribution in [0.3, 0.4) is 0 Å². The van der Waals surface area contributed by atoms with Crippen LogP contribution in [0.1, 0.15) is 10.4 Å². The van der Waals surface area contributed by atoms with E-state index in [1.807, 2.05) is 35.2 Å². The zero-order valence-corrected chi connectivity index (χ0v) is 16.7. The van der Waals surface area contributed by atoms with Crippen molar-refractivity contribution in [3.05, 3.63) is 88.5 Å². The first kappa shape index (κ1) is 20.4. The van der Waals surface area contributed by atoms with Crippen molar-refractivity contribution in [2.75, 3.05) is 36.5 Å². The fraction of sp³-hybridized carbons (Fsp3) is 0.174. The van der Waals surface area contributed by atoms with Crippen LogP contribution in [0.2, 0.25) is 0 Å². The Morgan fingerprint density at radius 3 is 2.45 bits per heavy atom. The largest absolute Gasteiger partial charge is 0.457 e. The molecule has 0 radical (unpaired) electrons. The minimum absolute atomic E-state index is 0.136. The van der Waals surface area contributed by atoms with Crippen LogP contribution in [0.4, 0.5) is 17.1 Å². The molecule has 1 aliphatic heterocycles. The number of non-ortho nitro benzene ring substituents is 1. The van der Waals surface area contributed by atoms with Gasteiger partial charge in [0.05, 0.1) is 29.4 Å². The molecular weight excluding hydrogens is 398 g/mol. The summed E-state index contributed by atoms with van der Waals surface area (Å²) in [6.07, 6.45) is 0. The molecule has 8 heteroatoms. The lowest BCUT2D eigenvalue weighted by atomic mass is 10.1. The first-order valence-corrected chi connectivity index (χ1v) is 9.85. The number of hydrogen-bond donors (Lipinski definition) is 1. The number of nitro groups is 1. The highest BCUT2D eigenvalue weighted by Gasteiger charge is 2.22. The van der Waals surface area contributed by atoms with Gasteiger partial charge in [0.15, 0.2) is 0 Å². The standard InChI is InChI=1S/C23H21N3O5/c27-23(24-17-5-4-8-20(15-17)31-19-6-2-1-3-7-19)21-16-18(26(28)29)9-10-22(21)25-11-13-30-14-12-25/h1-10,15-16H,11-14H2,(H,24,27). The molecule has 0 bridgehead atoms. The minimum atomic E-state index is -0.506. The molecule has 1 aliphatic rings. The van der Waals surface area contributed by atoms with Gasteiger partial charge in [-0.05, 0) is 30.3 Å². The van der Waals surface area contributed by atoms with Crippen LogP contribution in [0.5, 0.6) is 11.5 Å². The number of nitrogens with zero attached hydrogens (tertiary/aromatic N) is 2. The number of benzene rings is 3. The van der Waals surface area contributed by atoms with E-state index in [0.29, 0.717) is 49.2 Å². The number of amides is 1. The van der Waals surface area contributed by atoms with Crippen LogP contribution in [-0.4, -0.2) is 37.1 Å². The van der Waals surface area contributed by atoms with Gasteiger partial charge in [-0.2, -0.15) is 0 Å². The molecule has 0 unspecified atom stereocenters. The van der Waals surface area contributed by atoms with E-state index in [0.717, 1.165) is 0 Å². The fourth-order valence-electron chi connectivity index (χ4n) is 3.36. The Bertz CT molecular complexity index is 1080.